The van der Waals surface area contributed by atoms with Crippen LogP contribution in [0.5, 0.6) is 5.75 Å². The van der Waals surface area contributed by atoms with Crippen LogP contribution in [0.2, 0.25) is 0 Å². The van der Waals surface area contributed by atoms with E-state index >= 15 is 0 Å². The summed E-state index contributed by atoms with van der Waals surface area (Å²) in [6.07, 6.45) is 1.98. The van der Waals surface area contributed by atoms with E-state index in [0.29, 0.717) is 18.6 Å². The molecule has 0 aliphatic carbocycles. The Hall–Kier alpha value is -2.81. The number of rotatable bonds is 2. The number of ether oxygens (including phenoxy) is 1. The smallest absolute Gasteiger partial charge is 0.341 e. The van der Waals surface area contributed by atoms with Crippen LogP contribution in [-0.4, -0.2) is 48.7 Å². The molecule has 0 amide bonds. The molecule has 1 aromatic heterocycles. The molecule has 2 aromatic rings. The van der Waals surface area contributed by atoms with Crippen molar-refractivity contribution in [2.75, 3.05) is 36.8 Å². The van der Waals surface area contributed by atoms with E-state index in [1.165, 1.54) is 10.9 Å². The van der Waals surface area contributed by atoms with Gasteiger partial charge >= 0.3 is 5.97 Å². The fraction of sp³-hybridized carbons (Fsp3) is 0.375. The lowest BCUT2D eigenvalue weighted by atomic mass is 10.1. The molecule has 3 heterocycles. The maximum absolute atomic E-state index is 14.8. The van der Waals surface area contributed by atoms with Crippen molar-refractivity contribution in [2.45, 2.75) is 12.5 Å². The van der Waals surface area contributed by atoms with Gasteiger partial charge in [0.25, 0.3) is 0 Å². The first kappa shape index (κ1) is 15.7. The normalized spacial score (nSPS) is 19.4. The number of hydrogen-bond donors (Lipinski definition) is 2. The van der Waals surface area contributed by atoms with E-state index in [1.807, 2.05) is 0 Å². The van der Waals surface area contributed by atoms with Crippen LogP contribution < -0.4 is 25.8 Å². The Morgan fingerprint density at radius 3 is 2.88 bits per heavy atom. The van der Waals surface area contributed by atoms with Crippen molar-refractivity contribution in [2.24, 2.45) is 5.73 Å². The van der Waals surface area contributed by atoms with Gasteiger partial charge in [-0.05, 0) is 12.5 Å². The van der Waals surface area contributed by atoms with Crippen LogP contribution in [0.4, 0.5) is 10.1 Å². The van der Waals surface area contributed by atoms with E-state index < -0.39 is 22.8 Å². The maximum Gasteiger partial charge on any atom is 0.341 e. The highest BCUT2D eigenvalue weighted by molar-refractivity contribution is 5.97. The summed E-state index contributed by atoms with van der Waals surface area (Å²) in [6.45, 7) is 1.18. The number of carboxylic acids is 1. The Bertz CT molecular complexity index is 958. The lowest BCUT2D eigenvalue weighted by molar-refractivity contribution is 0.0694. The molecule has 9 heteroatoms. The molecule has 2 aliphatic heterocycles. The number of hydrogen-bond acceptors (Lipinski definition) is 6. The lowest BCUT2D eigenvalue weighted by Crippen LogP contribution is -2.40. The molecule has 1 fully saturated rings. The third-order valence-corrected chi connectivity index (χ3v) is 4.69. The first-order valence-corrected chi connectivity index (χ1v) is 7.88. The van der Waals surface area contributed by atoms with Crippen molar-refractivity contribution < 1.29 is 19.0 Å². The van der Waals surface area contributed by atoms with Gasteiger partial charge in [0.2, 0.25) is 5.43 Å². The fourth-order valence-electron chi connectivity index (χ4n) is 3.46. The van der Waals surface area contributed by atoms with E-state index in [2.05, 4.69) is 0 Å². The first-order chi connectivity index (χ1) is 11.9. The van der Waals surface area contributed by atoms with Gasteiger partial charge in [0.1, 0.15) is 16.8 Å². The van der Waals surface area contributed by atoms with Crippen LogP contribution in [-0.2, 0) is 0 Å². The molecule has 2 aliphatic rings. The van der Waals surface area contributed by atoms with E-state index in [0.717, 1.165) is 12.5 Å². The minimum Gasteiger partial charge on any atom is -0.477 e. The van der Waals surface area contributed by atoms with Crippen molar-refractivity contribution in [1.29, 1.82) is 0 Å². The minimum atomic E-state index is -1.35. The number of aromatic nitrogens is 1. The number of carboxylic acid groups (broad SMARTS) is 1. The van der Waals surface area contributed by atoms with Crippen LogP contribution in [0.1, 0.15) is 16.8 Å². The lowest BCUT2D eigenvalue weighted by Gasteiger charge is -2.33. The second-order valence-electron chi connectivity index (χ2n) is 6.38. The van der Waals surface area contributed by atoms with Crippen molar-refractivity contribution in [3.63, 3.8) is 0 Å². The third kappa shape index (κ3) is 2.23. The largest absolute Gasteiger partial charge is 0.477 e. The van der Waals surface area contributed by atoms with Crippen LogP contribution in [0.15, 0.2) is 17.1 Å². The van der Waals surface area contributed by atoms with Gasteiger partial charge in [0, 0.05) is 32.4 Å². The van der Waals surface area contributed by atoms with Crippen LogP contribution >= 0.6 is 0 Å². The van der Waals surface area contributed by atoms with Gasteiger partial charge in [-0.25, -0.2) is 9.18 Å². The number of anilines is 1. The molecule has 0 radical (unpaired) electrons. The number of benzene rings is 1. The molecule has 1 atom stereocenters. The second-order valence-corrected chi connectivity index (χ2v) is 6.38. The summed E-state index contributed by atoms with van der Waals surface area (Å²) in [6, 6.07) is 1.04. The molecule has 8 nitrogen and oxygen atoms in total. The highest BCUT2D eigenvalue weighted by Gasteiger charge is 2.31. The number of nitrogens with zero attached hydrogens (tertiary/aromatic N) is 3. The monoisotopic (exact) mass is 348 g/mol. The zero-order valence-electron chi connectivity index (χ0n) is 13.5. The summed E-state index contributed by atoms with van der Waals surface area (Å²) in [5, 5.41) is 10.9. The number of nitrogens with two attached hydrogens (primary N) is 1. The van der Waals surface area contributed by atoms with Gasteiger partial charge < -0.3 is 20.5 Å². The molecule has 0 bridgehead atoms. The van der Waals surface area contributed by atoms with Gasteiger partial charge in [-0.3, -0.25) is 14.5 Å². The molecule has 0 spiro atoms. The Balaban J connectivity index is 2.07. The molecular formula is C16H17FN4O4. The van der Waals surface area contributed by atoms with Crippen LogP contribution in [0.3, 0.4) is 0 Å². The Morgan fingerprint density at radius 2 is 2.24 bits per heavy atom. The average Bonchev–Trinajstić information content (AvgIpc) is 2.98. The van der Waals surface area contributed by atoms with Crippen molar-refractivity contribution in [3.8, 4) is 5.75 Å². The topological polar surface area (TPSA) is 101 Å². The van der Waals surface area contributed by atoms with Gasteiger partial charge in [-0.1, -0.05) is 0 Å². The highest BCUT2D eigenvalue weighted by atomic mass is 19.1. The number of halogens is 1. The Kier molecular flexibility index (Phi) is 3.36. The quantitative estimate of drug-likeness (QED) is 0.805. The second kappa shape index (κ2) is 5.35. The summed E-state index contributed by atoms with van der Waals surface area (Å²) >= 11 is 0. The fourth-order valence-corrected chi connectivity index (χ4v) is 3.46. The van der Waals surface area contributed by atoms with Gasteiger partial charge in [0.15, 0.2) is 18.3 Å². The summed E-state index contributed by atoms with van der Waals surface area (Å²) in [5.41, 5.74) is 5.41. The third-order valence-electron chi connectivity index (χ3n) is 4.69. The Labute approximate surface area is 141 Å². The summed E-state index contributed by atoms with van der Waals surface area (Å²) in [7, 11) is 1.69. The van der Waals surface area contributed by atoms with Crippen LogP contribution in [0.25, 0.3) is 10.9 Å². The molecule has 0 saturated carbocycles. The zero-order valence-corrected chi connectivity index (χ0v) is 13.5. The average molecular weight is 348 g/mol. The van der Waals surface area contributed by atoms with E-state index in [-0.39, 0.29) is 29.6 Å². The molecule has 0 unspecified atom stereocenters. The summed E-state index contributed by atoms with van der Waals surface area (Å²) < 4.78 is 22.1. The van der Waals surface area contributed by atoms with E-state index in [1.54, 1.807) is 17.0 Å². The maximum atomic E-state index is 14.8. The highest BCUT2D eigenvalue weighted by Crippen LogP contribution is 2.40. The van der Waals surface area contributed by atoms with Crippen LogP contribution in [0, 0.1) is 5.82 Å². The molecule has 3 N–H and O–H groups in total. The predicted octanol–water partition coefficient (Wildman–Crippen LogP) is 0.294. The summed E-state index contributed by atoms with van der Waals surface area (Å²) in [4.78, 5) is 25.7. The molecule has 1 saturated heterocycles. The number of aromatic carboxylic acids is 1. The first-order valence-electron chi connectivity index (χ1n) is 7.88. The number of pyridine rings is 1. The molecule has 4 rings (SSSR count). The molecule has 132 valence electrons. The summed E-state index contributed by atoms with van der Waals surface area (Å²) in [5.74, 6) is -1.73. The zero-order chi connectivity index (χ0) is 17.9. The SMILES string of the molecule is CN1COc2c(N3CC[C@@H](N)C3)c(F)cc3c(=O)c(C(=O)O)cn1c23. The standard InChI is InChI=1S/C16H17FN4O4/c1-19-7-25-15-12-9(14(22)10(16(23)24)6-21(12)19)4-11(17)13(15)20-3-2-8(18)5-20/h4,6,8H,2-3,5,7,18H2,1H3,(H,23,24)/t8-/m1/s1. The minimum absolute atomic E-state index is 0.0220. The Morgan fingerprint density at radius 1 is 1.48 bits per heavy atom. The van der Waals surface area contributed by atoms with Gasteiger partial charge in [0.05, 0.1) is 5.39 Å². The number of carbonyl (C=O) groups is 1. The van der Waals surface area contributed by atoms with Crippen molar-refractivity contribution in [1.82, 2.24) is 4.68 Å². The van der Waals surface area contributed by atoms with Crippen molar-refractivity contribution >= 4 is 22.6 Å². The van der Waals surface area contributed by atoms with E-state index in [4.69, 9.17) is 10.5 Å². The predicted molar refractivity (Wildman–Crippen MR) is 89.6 cm³/mol. The van der Waals surface area contributed by atoms with E-state index in [9.17, 15) is 19.1 Å². The van der Waals surface area contributed by atoms with Gasteiger partial charge in [-0.15, -0.1) is 0 Å². The molecule has 25 heavy (non-hydrogen) atoms. The van der Waals surface area contributed by atoms with Crippen molar-refractivity contribution in [3.05, 3.63) is 33.9 Å². The molecular weight excluding hydrogens is 331 g/mol. The molecule has 1 aromatic carbocycles. The van der Waals surface area contributed by atoms with Gasteiger partial charge in [-0.2, -0.15) is 0 Å².